The van der Waals surface area contributed by atoms with Gasteiger partial charge in [0.25, 0.3) is 0 Å². The van der Waals surface area contributed by atoms with Gasteiger partial charge in [0.1, 0.15) is 0 Å². The summed E-state index contributed by atoms with van der Waals surface area (Å²) in [4.78, 5) is 24.7. The van der Waals surface area contributed by atoms with E-state index in [0.29, 0.717) is 5.41 Å². The molecule has 3 fully saturated rings. The minimum absolute atomic E-state index is 0.117. The molecule has 0 aromatic carbocycles. The topological polar surface area (TPSA) is 69.6 Å². The lowest BCUT2D eigenvalue weighted by atomic mass is 9.79. The van der Waals surface area contributed by atoms with Crippen LogP contribution < -0.4 is 5.32 Å². The number of amides is 1. The molecule has 2 N–H and O–H groups in total. The largest absolute Gasteiger partial charge is 0.480 e. The minimum Gasteiger partial charge on any atom is -0.480 e. The number of nitrogens with zero attached hydrogens (tertiary/aromatic N) is 1. The van der Waals surface area contributed by atoms with Crippen LogP contribution in [0.15, 0.2) is 0 Å². The van der Waals surface area contributed by atoms with Crippen LogP contribution in [0.3, 0.4) is 0 Å². The van der Waals surface area contributed by atoms with Crippen molar-refractivity contribution in [2.45, 2.75) is 44.6 Å². The third kappa shape index (κ3) is 2.61. The van der Waals surface area contributed by atoms with Crippen molar-refractivity contribution >= 4 is 11.9 Å². The average Bonchev–Trinajstić information content (AvgIpc) is 3.06. The number of nitrogens with one attached hydrogen (secondary N) is 1. The third-order valence-electron chi connectivity index (χ3n) is 5.15. The van der Waals surface area contributed by atoms with E-state index in [1.165, 1.54) is 19.3 Å². The zero-order valence-electron chi connectivity index (χ0n) is 11.2. The smallest absolute Gasteiger partial charge is 0.317 e. The average molecular weight is 266 g/mol. The highest BCUT2D eigenvalue weighted by molar-refractivity contribution is 5.83. The first kappa shape index (κ1) is 12.9. The highest BCUT2D eigenvalue weighted by atomic mass is 16.4. The maximum atomic E-state index is 12.1. The van der Waals surface area contributed by atoms with Gasteiger partial charge in [0.2, 0.25) is 5.91 Å². The van der Waals surface area contributed by atoms with Crippen LogP contribution >= 0.6 is 0 Å². The molecule has 0 aromatic heterocycles. The molecule has 5 nitrogen and oxygen atoms in total. The van der Waals surface area contributed by atoms with E-state index in [1.54, 1.807) is 0 Å². The van der Waals surface area contributed by atoms with Crippen LogP contribution in [0.5, 0.6) is 0 Å². The second-order valence-corrected chi connectivity index (χ2v) is 6.43. The molecule has 19 heavy (non-hydrogen) atoms. The van der Waals surface area contributed by atoms with Crippen molar-refractivity contribution in [3.63, 3.8) is 0 Å². The maximum absolute atomic E-state index is 12.1. The number of hydrogen-bond donors (Lipinski definition) is 2. The lowest BCUT2D eigenvalue weighted by Crippen LogP contribution is -2.46. The summed E-state index contributed by atoms with van der Waals surface area (Å²) in [6, 6.07) is 0.246. The fourth-order valence-electron chi connectivity index (χ4n) is 3.63. The quantitative estimate of drug-likeness (QED) is 0.791. The number of hydrogen-bond acceptors (Lipinski definition) is 3. The first-order valence-corrected chi connectivity index (χ1v) is 7.34. The summed E-state index contributed by atoms with van der Waals surface area (Å²) in [5.41, 5.74) is 0.397. The molecule has 0 aromatic rings. The Labute approximate surface area is 113 Å². The molecule has 0 bridgehead atoms. The summed E-state index contributed by atoms with van der Waals surface area (Å²) in [6.07, 6.45) is 6.61. The van der Waals surface area contributed by atoms with Crippen LogP contribution in [0.2, 0.25) is 0 Å². The molecule has 1 aliphatic heterocycles. The second-order valence-electron chi connectivity index (χ2n) is 6.43. The van der Waals surface area contributed by atoms with E-state index in [1.807, 2.05) is 4.90 Å². The third-order valence-corrected chi connectivity index (χ3v) is 5.15. The highest BCUT2D eigenvalue weighted by Gasteiger charge is 2.60. The predicted molar refractivity (Wildman–Crippen MR) is 69.6 cm³/mol. The second kappa shape index (κ2) is 4.78. The molecule has 3 rings (SSSR count). The molecule has 106 valence electrons. The van der Waals surface area contributed by atoms with Gasteiger partial charge in [0, 0.05) is 25.0 Å². The predicted octanol–water partition coefficient (Wildman–Crippen LogP) is 0.842. The molecule has 1 amide bonds. The fraction of sp³-hybridized carbons (Fsp3) is 0.857. The number of rotatable bonds is 4. The lowest BCUT2D eigenvalue weighted by molar-refractivity contribution is -0.138. The van der Waals surface area contributed by atoms with E-state index in [0.717, 1.165) is 32.4 Å². The molecular weight excluding hydrogens is 244 g/mol. The summed E-state index contributed by atoms with van der Waals surface area (Å²) >= 11 is 0. The maximum Gasteiger partial charge on any atom is 0.317 e. The van der Waals surface area contributed by atoms with Gasteiger partial charge in [-0.15, -0.1) is 0 Å². The molecule has 3 aliphatic rings. The monoisotopic (exact) mass is 266 g/mol. The highest BCUT2D eigenvalue weighted by Crippen LogP contribution is 2.65. The van der Waals surface area contributed by atoms with E-state index in [9.17, 15) is 9.59 Å². The molecule has 2 saturated carbocycles. The first-order chi connectivity index (χ1) is 9.09. The van der Waals surface area contributed by atoms with Crippen molar-refractivity contribution in [1.29, 1.82) is 0 Å². The molecule has 0 unspecified atom stereocenters. The van der Waals surface area contributed by atoms with Crippen LogP contribution in [0.4, 0.5) is 0 Å². The van der Waals surface area contributed by atoms with Gasteiger partial charge in [-0.25, -0.2) is 0 Å². The number of likely N-dealkylation sites (tertiary alicyclic amines) is 1. The van der Waals surface area contributed by atoms with Gasteiger partial charge in [-0.05, 0) is 37.5 Å². The number of piperidine rings is 1. The number of carbonyl (C=O) groups excluding carboxylic acids is 1. The van der Waals surface area contributed by atoms with Crippen molar-refractivity contribution in [3.8, 4) is 0 Å². The normalized spacial score (nSPS) is 29.8. The van der Waals surface area contributed by atoms with Gasteiger partial charge < -0.3 is 10.4 Å². The standard InChI is InChI=1S/C14H22N2O3/c17-12(18)9-16-6-2-10(3-7-16)15-13(19)11-8-14(11)4-1-5-14/h10-11H,1-9H2,(H,15,19)(H,17,18)/t11-/m0/s1. The Hall–Kier alpha value is -1.10. The van der Waals surface area contributed by atoms with E-state index in [2.05, 4.69) is 5.32 Å². The minimum atomic E-state index is -0.771. The van der Waals surface area contributed by atoms with Crippen molar-refractivity contribution < 1.29 is 14.7 Å². The molecular formula is C14H22N2O3. The van der Waals surface area contributed by atoms with Crippen molar-refractivity contribution in [2.75, 3.05) is 19.6 Å². The van der Waals surface area contributed by atoms with Crippen molar-refractivity contribution in [1.82, 2.24) is 10.2 Å². The number of carboxylic acids is 1. The Morgan fingerprint density at radius 1 is 1.26 bits per heavy atom. The molecule has 1 saturated heterocycles. The van der Waals surface area contributed by atoms with Crippen molar-refractivity contribution in [2.24, 2.45) is 11.3 Å². The summed E-state index contributed by atoms with van der Waals surface area (Å²) < 4.78 is 0. The van der Waals surface area contributed by atoms with Crippen LogP contribution in [-0.4, -0.2) is 47.6 Å². The Kier molecular flexibility index (Phi) is 3.25. The van der Waals surface area contributed by atoms with Crippen molar-refractivity contribution in [3.05, 3.63) is 0 Å². The van der Waals surface area contributed by atoms with Gasteiger partial charge in [0.15, 0.2) is 0 Å². The van der Waals surface area contributed by atoms with Crippen LogP contribution in [-0.2, 0) is 9.59 Å². The Morgan fingerprint density at radius 2 is 1.95 bits per heavy atom. The van der Waals surface area contributed by atoms with E-state index in [-0.39, 0.29) is 24.4 Å². The zero-order chi connectivity index (χ0) is 13.5. The Bertz CT molecular complexity index is 384. The van der Waals surface area contributed by atoms with Crippen LogP contribution in [0.25, 0.3) is 0 Å². The van der Waals surface area contributed by atoms with Gasteiger partial charge in [-0.2, -0.15) is 0 Å². The van der Waals surface area contributed by atoms with Crippen LogP contribution in [0.1, 0.15) is 38.5 Å². The summed E-state index contributed by atoms with van der Waals surface area (Å²) in [7, 11) is 0. The lowest BCUT2D eigenvalue weighted by Gasteiger charge is -2.32. The summed E-state index contributed by atoms with van der Waals surface area (Å²) in [5.74, 6) is -0.248. The molecule has 2 aliphatic carbocycles. The SMILES string of the molecule is O=C(O)CN1CCC(NC(=O)[C@@H]2CC23CCC3)CC1. The molecule has 1 heterocycles. The first-order valence-electron chi connectivity index (χ1n) is 7.34. The van der Waals surface area contributed by atoms with E-state index < -0.39 is 5.97 Å². The summed E-state index contributed by atoms with van der Waals surface area (Å²) in [6.45, 7) is 1.66. The zero-order valence-corrected chi connectivity index (χ0v) is 11.2. The number of carbonyl (C=O) groups is 2. The van der Waals surface area contributed by atoms with Gasteiger partial charge in [-0.1, -0.05) is 6.42 Å². The van der Waals surface area contributed by atoms with Gasteiger partial charge in [-0.3, -0.25) is 14.5 Å². The Morgan fingerprint density at radius 3 is 2.42 bits per heavy atom. The van der Waals surface area contributed by atoms with Gasteiger partial charge >= 0.3 is 5.97 Å². The number of carboxylic acid groups (broad SMARTS) is 1. The number of aliphatic carboxylic acids is 1. The Balaban J connectivity index is 1.40. The van der Waals surface area contributed by atoms with Crippen LogP contribution in [0, 0.1) is 11.3 Å². The fourth-order valence-corrected chi connectivity index (χ4v) is 3.63. The molecule has 5 heteroatoms. The van der Waals surface area contributed by atoms with E-state index in [4.69, 9.17) is 5.11 Å². The van der Waals surface area contributed by atoms with Gasteiger partial charge in [0.05, 0.1) is 6.54 Å². The molecule has 0 radical (unpaired) electrons. The molecule has 1 spiro atoms. The summed E-state index contributed by atoms with van der Waals surface area (Å²) in [5, 5.41) is 11.9. The molecule has 1 atom stereocenters. The van der Waals surface area contributed by atoms with E-state index >= 15 is 0 Å².